The van der Waals surface area contributed by atoms with Gasteiger partial charge in [-0.05, 0) is 83.1 Å². The number of amides is 1. The standard InChI is InChI=1S/C28H36N2O5/c1-28(2)15-13-21-23(35-28)12-10-22(26(21)33-5)27(31)29-19-9-11-24(25(18-19)32-4)34-17-14-20-8-6-7-16-30(20)3/h9-13,15,18,20H,6-8,14,16-17H2,1-5H3,(H,29,31). The van der Waals surface area contributed by atoms with Gasteiger partial charge in [0.05, 0.1) is 32.0 Å². The van der Waals surface area contributed by atoms with Gasteiger partial charge in [-0.1, -0.05) is 6.42 Å². The Balaban J connectivity index is 1.44. The van der Waals surface area contributed by atoms with Crippen molar-refractivity contribution in [1.29, 1.82) is 0 Å². The van der Waals surface area contributed by atoms with Crippen molar-refractivity contribution in [3.8, 4) is 23.0 Å². The molecule has 2 aliphatic rings. The number of nitrogens with one attached hydrogen (secondary N) is 1. The number of anilines is 1. The van der Waals surface area contributed by atoms with Crippen LogP contribution in [0.3, 0.4) is 0 Å². The number of hydrogen-bond donors (Lipinski definition) is 1. The lowest BCUT2D eigenvalue weighted by molar-refractivity contribution is 0.102. The third-order valence-electron chi connectivity index (χ3n) is 6.68. The SMILES string of the molecule is COc1cc(NC(=O)c2ccc3c(c2OC)C=CC(C)(C)O3)ccc1OCCC1CCCCN1C. The number of piperidine rings is 1. The van der Waals surface area contributed by atoms with E-state index in [2.05, 4.69) is 17.3 Å². The van der Waals surface area contributed by atoms with Crippen LogP contribution >= 0.6 is 0 Å². The highest BCUT2D eigenvalue weighted by molar-refractivity contribution is 6.07. The Morgan fingerprint density at radius 2 is 1.97 bits per heavy atom. The van der Waals surface area contributed by atoms with Crippen LogP contribution in [0.4, 0.5) is 5.69 Å². The predicted octanol–water partition coefficient (Wildman–Crippen LogP) is 5.39. The summed E-state index contributed by atoms with van der Waals surface area (Å²) in [6, 6.07) is 9.52. The first-order chi connectivity index (χ1) is 16.8. The molecular formula is C28H36N2O5. The van der Waals surface area contributed by atoms with Gasteiger partial charge in [0.15, 0.2) is 11.5 Å². The van der Waals surface area contributed by atoms with Gasteiger partial charge in [-0.3, -0.25) is 4.79 Å². The van der Waals surface area contributed by atoms with E-state index < -0.39 is 5.60 Å². The molecule has 2 aromatic rings. The molecule has 2 heterocycles. The molecule has 35 heavy (non-hydrogen) atoms. The minimum atomic E-state index is -0.408. The van der Waals surface area contributed by atoms with E-state index in [1.807, 2.05) is 38.1 Å². The molecule has 0 saturated carbocycles. The Labute approximate surface area is 208 Å². The molecule has 0 bridgehead atoms. The monoisotopic (exact) mass is 480 g/mol. The van der Waals surface area contributed by atoms with Gasteiger partial charge in [0.2, 0.25) is 0 Å². The fraction of sp³-hybridized carbons (Fsp3) is 0.464. The number of carbonyl (C=O) groups excluding carboxylic acids is 1. The first-order valence-corrected chi connectivity index (χ1v) is 12.2. The average molecular weight is 481 g/mol. The molecule has 2 aliphatic heterocycles. The number of nitrogens with zero attached hydrogens (tertiary/aromatic N) is 1. The summed E-state index contributed by atoms with van der Waals surface area (Å²) < 4.78 is 23.2. The van der Waals surface area contributed by atoms with Gasteiger partial charge in [-0.15, -0.1) is 0 Å². The van der Waals surface area contributed by atoms with Gasteiger partial charge in [0.1, 0.15) is 17.1 Å². The number of likely N-dealkylation sites (tertiary alicyclic amines) is 1. The zero-order valence-electron chi connectivity index (χ0n) is 21.3. The summed E-state index contributed by atoms with van der Waals surface area (Å²) in [5.41, 5.74) is 1.38. The van der Waals surface area contributed by atoms with E-state index in [1.165, 1.54) is 19.3 Å². The van der Waals surface area contributed by atoms with Crippen LogP contribution in [0.1, 0.15) is 55.5 Å². The van der Waals surface area contributed by atoms with E-state index >= 15 is 0 Å². The molecule has 0 spiro atoms. The third-order valence-corrected chi connectivity index (χ3v) is 6.68. The Kier molecular flexibility index (Phi) is 7.55. The lowest BCUT2D eigenvalue weighted by atomic mass is 9.99. The van der Waals surface area contributed by atoms with Gasteiger partial charge in [-0.25, -0.2) is 0 Å². The highest BCUT2D eigenvalue weighted by Gasteiger charge is 2.27. The second-order valence-corrected chi connectivity index (χ2v) is 9.68. The van der Waals surface area contributed by atoms with Crippen LogP contribution < -0.4 is 24.3 Å². The molecule has 1 atom stereocenters. The zero-order chi connectivity index (χ0) is 25.0. The zero-order valence-corrected chi connectivity index (χ0v) is 21.3. The fourth-order valence-electron chi connectivity index (χ4n) is 4.71. The molecule has 7 heteroatoms. The summed E-state index contributed by atoms with van der Waals surface area (Å²) in [5.74, 6) is 2.13. The van der Waals surface area contributed by atoms with Crippen molar-refractivity contribution < 1.29 is 23.7 Å². The molecular weight excluding hydrogens is 444 g/mol. The molecule has 0 aliphatic carbocycles. The number of carbonyl (C=O) groups is 1. The van der Waals surface area contributed by atoms with Crippen LogP contribution in [0, 0.1) is 0 Å². The predicted molar refractivity (Wildman–Crippen MR) is 138 cm³/mol. The first-order valence-electron chi connectivity index (χ1n) is 12.2. The van der Waals surface area contributed by atoms with Crippen LogP contribution in [-0.2, 0) is 0 Å². The lowest BCUT2D eigenvalue weighted by Gasteiger charge is -2.32. The maximum absolute atomic E-state index is 13.1. The molecule has 188 valence electrons. The van der Waals surface area contributed by atoms with Crippen molar-refractivity contribution in [1.82, 2.24) is 4.90 Å². The molecule has 1 saturated heterocycles. The highest BCUT2D eigenvalue weighted by atomic mass is 16.5. The molecule has 1 unspecified atom stereocenters. The summed E-state index contributed by atoms with van der Waals surface area (Å²) in [6.07, 6.45) is 8.64. The smallest absolute Gasteiger partial charge is 0.259 e. The molecule has 4 rings (SSSR count). The number of methoxy groups -OCH3 is 2. The van der Waals surface area contributed by atoms with Crippen LogP contribution in [-0.4, -0.2) is 56.9 Å². The molecule has 1 fully saturated rings. The molecule has 0 radical (unpaired) electrons. The minimum absolute atomic E-state index is 0.279. The van der Waals surface area contributed by atoms with Gasteiger partial charge >= 0.3 is 0 Å². The molecule has 2 aromatic carbocycles. The van der Waals surface area contributed by atoms with Crippen LogP contribution in [0.25, 0.3) is 6.08 Å². The van der Waals surface area contributed by atoms with Crippen LogP contribution in [0.15, 0.2) is 36.4 Å². The number of rotatable bonds is 8. The maximum Gasteiger partial charge on any atom is 0.259 e. The summed E-state index contributed by atoms with van der Waals surface area (Å²) in [7, 11) is 5.34. The van der Waals surface area contributed by atoms with Gasteiger partial charge in [0.25, 0.3) is 5.91 Å². The largest absolute Gasteiger partial charge is 0.495 e. The van der Waals surface area contributed by atoms with Crippen molar-refractivity contribution in [2.24, 2.45) is 0 Å². The van der Waals surface area contributed by atoms with E-state index in [9.17, 15) is 4.79 Å². The second kappa shape index (κ2) is 10.6. The summed E-state index contributed by atoms with van der Waals surface area (Å²) in [5, 5.41) is 2.95. The van der Waals surface area contributed by atoms with Crippen molar-refractivity contribution in [2.45, 2.75) is 51.2 Å². The fourth-order valence-corrected chi connectivity index (χ4v) is 4.71. The van der Waals surface area contributed by atoms with Crippen LogP contribution in [0.5, 0.6) is 23.0 Å². The van der Waals surface area contributed by atoms with Crippen molar-refractivity contribution in [2.75, 3.05) is 39.7 Å². The quantitative estimate of drug-likeness (QED) is 0.546. The Hall–Kier alpha value is -3.19. The van der Waals surface area contributed by atoms with Crippen molar-refractivity contribution in [3.05, 3.63) is 47.5 Å². The summed E-state index contributed by atoms with van der Waals surface area (Å²) in [6.45, 7) is 5.73. The van der Waals surface area contributed by atoms with Gasteiger partial charge in [0, 0.05) is 17.8 Å². The molecule has 1 amide bonds. The van der Waals surface area contributed by atoms with Gasteiger partial charge in [-0.2, -0.15) is 0 Å². The van der Waals surface area contributed by atoms with E-state index in [0.717, 1.165) is 18.5 Å². The van der Waals surface area contributed by atoms with Crippen LogP contribution in [0.2, 0.25) is 0 Å². The second-order valence-electron chi connectivity index (χ2n) is 9.68. The lowest BCUT2D eigenvalue weighted by Crippen LogP contribution is -2.37. The van der Waals surface area contributed by atoms with Crippen molar-refractivity contribution in [3.63, 3.8) is 0 Å². The Morgan fingerprint density at radius 3 is 2.71 bits per heavy atom. The normalized spacial score (nSPS) is 18.8. The topological polar surface area (TPSA) is 69.3 Å². The third kappa shape index (κ3) is 5.73. The number of fused-ring (bicyclic) bond motifs is 1. The van der Waals surface area contributed by atoms with E-state index in [0.29, 0.717) is 46.9 Å². The van der Waals surface area contributed by atoms with Crippen molar-refractivity contribution >= 4 is 17.7 Å². The number of ether oxygens (including phenoxy) is 4. The average Bonchev–Trinajstić information content (AvgIpc) is 2.84. The van der Waals surface area contributed by atoms with E-state index in [4.69, 9.17) is 18.9 Å². The summed E-state index contributed by atoms with van der Waals surface area (Å²) >= 11 is 0. The highest BCUT2D eigenvalue weighted by Crippen LogP contribution is 2.39. The van der Waals surface area contributed by atoms with E-state index in [1.54, 1.807) is 32.4 Å². The van der Waals surface area contributed by atoms with Gasteiger partial charge < -0.3 is 29.2 Å². The molecule has 1 N–H and O–H groups in total. The minimum Gasteiger partial charge on any atom is -0.495 e. The maximum atomic E-state index is 13.1. The Bertz CT molecular complexity index is 1090. The Morgan fingerprint density at radius 1 is 1.14 bits per heavy atom. The molecule has 7 nitrogen and oxygen atoms in total. The van der Waals surface area contributed by atoms with E-state index in [-0.39, 0.29) is 5.91 Å². The number of hydrogen-bond acceptors (Lipinski definition) is 6. The summed E-state index contributed by atoms with van der Waals surface area (Å²) in [4.78, 5) is 15.6. The first kappa shape index (κ1) is 24.9. The molecule has 0 aromatic heterocycles. The number of benzene rings is 2.